The van der Waals surface area contributed by atoms with Gasteiger partial charge in [0.05, 0.1) is 7.11 Å². The van der Waals surface area contributed by atoms with Crippen molar-refractivity contribution in [1.82, 2.24) is 14.7 Å². The molecule has 2 fully saturated rings. The fourth-order valence-electron chi connectivity index (χ4n) is 4.23. The van der Waals surface area contributed by atoms with E-state index in [-0.39, 0.29) is 23.8 Å². The van der Waals surface area contributed by atoms with Gasteiger partial charge in [0, 0.05) is 32.2 Å². The van der Waals surface area contributed by atoms with E-state index in [2.05, 4.69) is 0 Å². The van der Waals surface area contributed by atoms with E-state index >= 15 is 0 Å². The zero-order valence-corrected chi connectivity index (χ0v) is 17.3. The van der Waals surface area contributed by atoms with Gasteiger partial charge in [0.15, 0.2) is 0 Å². The Morgan fingerprint density at radius 2 is 1.86 bits per heavy atom. The fourth-order valence-corrected chi connectivity index (χ4v) is 4.23. The van der Waals surface area contributed by atoms with Gasteiger partial charge in [-0.05, 0) is 49.4 Å². The number of hydrogen-bond acceptors (Lipinski definition) is 4. The highest BCUT2D eigenvalue weighted by Gasteiger charge is 2.57. The first-order valence-electron chi connectivity index (χ1n) is 9.75. The number of likely N-dealkylation sites (tertiary alicyclic amines) is 1. The van der Waals surface area contributed by atoms with E-state index in [0.717, 1.165) is 5.56 Å². The number of piperidine rings is 1. The number of carbonyl (C=O) groups is 3. The van der Waals surface area contributed by atoms with Gasteiger partial charge in [0.1, 0.15) is 11.3 Å². The highest BCUT2D eigenvalue weighted by molar-refractivity contribution is 6.07. The Hall–Kier alpha value is -2.57. The molecule has 2 heterocycles. The Labute approximate surface area is 166 Å². The molecule has 0 saturated carbocycles. The standard InChI is InChI=1S/C21H29N3O4/c1-14(2)13-24-20(27)22(4)19(26)21(24)8-10-23(11-9-21)18(25)17-7-6-16(28-5)12-15(17)3/h6-7,12,14H,8-11,13H2,1-5H3. The Bertz CT molecular complexity index is 797. The fraction of sp³-hybridized carbons (Fsp3) is 0.571. The molecule has 0 atom stereocenters. The van der Waals surface area contributed by atoms with Gasteiger partial charge in [-0.15, -0.1) is 0 Å². The maximum absolute atomic E-state index is 13.0. The number of amides is 4. The predicted molar refractivity (Wildman–Crippen MR) is 105 cm³/mol. The van der Waals surface area contributed by atoms with Crippen molar-refractivity contribution in [2.75, 3.05) is 33.8 Å². The summed E-state index contributed by atoms with van der Waals surface area (Å²) in [5.41, 5.74) is 0.682. The average Bonchev–Trinajstić information content (AvgIpc) is 2.84. The SMILES string of the molecule is COc1ccc(C(=O)N2CCC3(CC2)C(=O)N(C)C(=O)N3CC(C)C)c(C)c1. The lowest BCUT2D eigenvalue weighted by atomic mass is 9.85. The first-order valence-corrected chi connectivity index (χ1v) is 9.75. The molecule has 1 spiro atoms. The van der Waals surface area contributed by atoms with Crippen LogP contribution in [-0.4, -0.2) is 71.9 Å². The lowest BCUT2D eigenvalue weighted by Gasteiger charge is -2.42. The van der Waals surface area contributed by atoms with Crippen LogP contribution in [0.5, 0.6) is 5.75 Å². The molecule has 28 heavy (non-hydrogen) atoms. The molecule has 0 unspecified atom stereocenters. The molecule has 152 valence electrons. The van der Waals surface area contributed by atoms with Crippen LogP contribution >= 0.6 is 0 Å². The Morgan fingerprint density at radius 3 is 2.39 bits per heavy atom. The minimum Gasteiger partial charge on any atom is -0.497 e. The zero-order chi connectivity index (χ0) is 20.6. The third-order valence-corrected chi connectivity index (χ3v) is 5.83. The molecule has 0 aromatic heterocycles. The van der Waals surface area contributed by atoms with Crippen LogP contribution in [-0.2, 0) is 4.79 Å². The second kappa shape index (κ2) is 7.45. The summed E-state index contributed by atoms with van der Waals surface area (Å²) >= 11 is 0. The first kappa shape index (κ1) is 20.2. The molecule has 0 N–H and O–H groups in total. The van der Waals surface area contributed by atoms with E-state index in [1.807, 2.05) is 26.8 Å². The topological polar surface area (TPSA) is 70.2 Å². The lowest BCUT2D eigenvalue weighted by molar-refractivity contribution is -0.134. The molecule has 2 aliphatic rings. The molecule has 0 bridgehead atoms. The third-order valence-electron chi connectivity index (χ3n) is 5.83. The van der Waals surface area contributed by atoms with Gasteiger partial charge < -0.3 is 14.5 Å². The molecule has 0 radical (unpaired) electrons. The first-order chi connectivity index (χ1) is 13.2. The van der Waals surface area contributed by atoms with Crippen molar-refractivity contribution in [2.45, 2.75) is 39.2 Å². The number of benzene rings is 1. The van der Waals surface area contributed by atoms with Crippen LogP contribution in [0.2, 0.25) is 0 Å². The summed E-state index contributed by atoms with van der Waals surface area (Å²) in [4.78, 5) is 43.2. The molecule has 0 aliphatic carbocycles. The molecule has 1 aromatic carbocycles. The van der Waals surface area contributed by atoms with E-state index < -0.39 is 5.54 Å². The number of hydrogen-bond donors (Lipinski definition) is 0. The van der Waals surface area contributed by atoms with Crippen LogP contribution in [0.25, 0.3) is 0 Å². The highest BCUT2D eigenvalue weighted by atomic mass is 16.5. The zero-order valence-electron chi connectivity index (χ0n) is 17.3. The van der Waals surface area contributed by atoms with Gasteiger partial charge in [0.25, 0.3) is 11.8 Å². The summed E-state index contributed by atoms with van der Waals surface area (Å²) in [7, 11) is 3.14. The predicted octanol–water partition coefficient (Wildman–Crippen LogP) is 2.53. The van der Waals surface area contributed by atoms with Gasteiger partial charge in [-0.1, -0.05) is 13.8 Å². The largest absolute Gasteiger partial charge is 0.497 e. The number of urea groups is 1. The van der Waals surface area contributed by atoms with E-state index in [0.29, 0.717) is 43.8 Å². The molecule has 2 aliphatic heterocycles. The Balaban J connectivity index is 1.78. The summed E-state index contributed by atoms with van der Waals surface area (Å²) in [5, 5.41) is 0. The van der Waals surface area contributed by atoms with Crippen LogP contribution in [0.3, 0.4) is 0 Å². The Morgan fingerprint density at radius 1 is 1.21 bits per heavy atom. The minimum atomic E-state index is -0.818. The van der Waals surface area contributed by atoms with Crippen LogP contribution < -0.4 is 4.74 Å². The van der Waals surface area contributed by atoms with Gasteiger partial charge in [-0.25, -0.2) is 4.79 Å². The van der Waals surface area contributed by atoms with Crippen LogP contribution in [0.15, 0.2) is 18.2 Å². The van der Waals surface area contributed by atoms with Crippen molar-refractivity contribution >= 4 is 17.8 Å². The quantitative estimate of drug-likeness (QED) is 0.745. The van der Waals surface area contributed by atoms with Crippen molar-refractivity contribution in [3.8, 4) is 5.75 Å². The highest BCUT2D eigenvalue weighted by Crippen LogP contribution is 2.37. The molecular weight excluding hydrogens is 358 g/mol. The Kier molecular flexibility index (Phi) is 5.37. The number of imide groups is 1. The summed E-state index contributed by atoms with van der Waals surface area (Å²) in [5.74, 6) is 0.789. The van der Waals surface area contributed by atoms with Gasteiger partial charge in [-0.2, -0.15) is 0 Å². The third kappa shape index (κ3) is 3.23. The van der Waals surface area contributed by atoms with Crippen molar-refractivity contribution in [1.29, 1.82) is 0 Å². The average molecular weight is 387 g/mol. The van der Waals surface area contributed by atoms with Gasteiger partial charge in [-0.3, -0.25) is 14.5 Å². The summed E-state index contributed by atoms with van der Waals surface area (Å²) in [6, 6.07) is 5.18. The molecule has 4 amide bonds. The van der Waals surface area contributed by atoms with Crippen LogP contribution in [0.1, 0.15) is 42.6 Å². The molecule has 2 saturated heterocycles. The molecule has 7 nitrogen and oxygen atoms in total. The van der Waals surface area contributed by atoms with E-state index in [9.17, 15) is 14.4 Å². The number of ether oxygens (including phenoxy) is 1. The van der Waals surface area contributed by atoms with Crippen molar-refractivity contribution in [3.63, 3.8) is 0 Å². The van der Waals surface area contributed by atoms with Crippen molar-refractivity contribution < 1.29 is 19.1 Å². The molecule has 3 rings (SSSR count). The number of nitrogens with zero attached hydrogens (tertiary/aromatic N) is 3. The summed E-state index contributed by atoms with van der Waals surface area (Å²) in [6.07, 6.45) is 0.936. The van der Waals surface area contributed by atoms with E-state index in [1.54, 1.807) is 36.1 Å². The normalized spacial score (nSPS) is 19.1. The lowest BCUT2D eigenvalue weighted by Crippen LogP contribution is -2.58. The number of rotatable bonds is 4. The summed E-state index contributed by atoms with van der Waals surface area (Å²) < 4.78 is 5.21. The monoisotopic (exact) mass is 387 g/mol. The van der Waals surface area contributed by atoms with Crippen molar-refractivity contribution in [3.05, 3.63) is 29.3 Å². The minimum absolute atomic E-state index is 0.0458. The number of likely N-dealkylation sites (N-methyl/N-ethyl adjacent to an activating group) is 1. The van der Waals surface area contributed by atoms with Gasteiger partial charge in [0.2, 0.25) is 0 Å². The molecule has 1 aromatic rings. The maximum Gasteiger partial charge on any atom is 0.327 e. The van der Waals surface area contributed by atoms with Crippen LogP contribution in [0.4, 0.5) is 4.79 Å². The summed E-state index contributed by atoms with van der Waals surface area (Å²) in [6.45, 7) is 7.40. The van der Waals surface area contributed by atoms with E-state index in [4.69, 9.17) is 4.74 Å². The number of methoxy groups -OCH3 is 1. The smallest absolute Gasteiger partial charge is 0.327 e. The van der Waals surface area contributed by atoms with Crippen LogP contribution in [0, 0.1) is 12.8 Å². The molecular formula is C21H29N3O4. The van der Waals surface area contributed by atoms with E-state index in [1.165, 1.54) is 4.90 Å². The number of aryl methyl sites for hydroxylation is 1. The maximum atomic E-state index is 13.0. The van der Waals surface area contributed by atoms with Crippen molar-refractivity contribution in [2.24, 2.45) is 5.92 Å². The number of carbonyl (C=O) groups excluding carboxylic acids is 3. The second-order valence-electron chi connectivity index (χ2n) is 8.16. The molecule has 7 heteroatoms. The van der Waals surface area contributed by atoms with Gasteiger partial charge >= 0.3 is 6.03 Å². The second-order valence-corrected chi connectivity index (χ2v) is 8.16.